The molecule has 2 nitrogen and oxygen atoms in total. The van der Waals surface area contributed by atoms with Crippen molar-refractivity contribution in [2.45, 2.75) is 44.6 Å². The maximum Gasteiger partial charge on any atom is 0.223 e. The average Bonchev–Trinajstić information content (AvgIpc) is 2.82. The number of nitrogens with one attached hydrogen (secondary N) is 1. The van der Waals surface area contributed by atoms with E-state index in [1.54, 1.807) is 0 Å². The number of rotatable bonds is 7. The predicted molar refractivity (Wildman–Crippen MR) is 130 cm³/mol. The molecule has 0 aromatic heterocycles. The van der Waals surface area contributed by atoms with E-state index in [2.05, 4.69) is 96.3 Å². The van der Waals surface area contributed by atoms with Gasteiger partial charge < -0.3 is 5.32 Å². The molecule has 0 atom stereocenters. The van der Waals surface area contributed by atoms with Crippen molar-refractivity contribution in [3.05, 3.63) is 91.0 Å². The van der Waals surface area contributed by atoms with Crippen LogP contribution in [-0.2, 0) is 4.79 Å². The van der Waals surface area contributed by atoms with E-state index in [0.717, 1.165) is 19.0 Å². The van der Waals surface area contributed by atoms with Crippen molar-refractivity contribution in [3.8, 4) is 0 Å². The molecule has 3 aromatic rings. The number of amides is 1. The van der Waals surface area contributed by atoms with Crippen LogP contribution in [-0.4, -0.2) is 18.1 Å². The smallest absolute Gasteiger partial charge is 0.223 e. The molecule has 4 rings (SSSR count). The molecule has 1 N–H and O–H groups in total. The molecule has 0 spiro atoms. The molecule has 0 aliphatic heterocycles. The summed E-state index contributed by atoms with van der Waals surface area (Å²) in [5.74, 6) is 0.203. The van der Waals surface area contributed by atoms with Crippen molar-refractivity contribution >= 4 is 29.1 Å². The lowest BCUT2D eigenvalue weighted by Crippen LogP contribution is -2.39. The van der Waals surface area contributed by atoms with E-state index in [0.29, 0.717) is 12.5 Å². The minimum Gasteiger partial charge on any atom is -0.353 e. The van der Waals surface area contributed by atoms with E-state index in [1.807, 2.05) is 0 Å². The summed E-state index contributed by atoms with van der Waals surface area (Å²) in [6.07, 6.45) is 7.44. The first kappa shape index (κ1) is 20.8. The van der Waals surface area contributed by atoms with Crippen LogP contribution in [0.3, 0.4) is 0 Å². The largest absolute Gasteiger partial charge is 0.353 e. The van der Waals surface area contributed by atoms with Gasteiger partial charge in [0.1, 0.15) is 23.2 Å². The highest BCUT2D eigenvalue weighted by molar-refractivity contribution is 7.95. The molecular weight excluding hydrogens is 385 g/mol. The van der Waals surface area contributed by atoms with Gasteiger partial charge in [0.25, 0.3) is 0 Å². The molecule has 30 heavy (non-hydrogen) atoms. The summed E-state index contributed by atoms with van der Waals surface area (Å²) >= 11 is 0. The molecule has 0 unspecified atom stereocenters. The van der Waals surface area contributed by atoms with E-state index in [4.69, 9.17) is 0 Å². The summed E-state index contributed by atoms with van der Waals surface area (Å²) in [4.78, 5) is 13.0. The van der Waals surface area contributed by atoms with E-state index in [-0.39, 0.29) is 5.91 Å². The first-order valence-electron chi connectivity index (χ1n) is 11.1. The molecular formula is C27H31NOP+. The van der Waals surface area contributed by atoms with Crippen LogP contribution in [0.25, 0.3) is 0 Å². The zero-order valence-corrected chi connectivity index (χ0v) is 18.4. The maximum absolute atomic E-state index is 13.0. The Kier molecular flexibility index (Phi) is 6.97. The number of benzene rings is 3. The molecule has 1 aliphatic carbocycles. The van der Waals surface area contributed by atoms with Crippen molar-refractivity contribution < 1.29 is 4.79 Å². The van der Waals surface area contributed by atoms with Gasteiger partial charge in [0.15, 0.2) is 0 Å². The number of hydrogen-bond acceptors (Lipinski definition) is 1. The number of carbonyl (C=O) groups is 1. The van der Waals surface area contributed by atoms with Crippen molar-refractivity contribution in [1.82, 2.24) is 5.32 Å². The van der Waals surface area contributed by atoms with Gasteiger partial charge in [-0.25, -0.2) is 0 Å². The summed E-state index contributed by atoms with van der Waals surface area (Å²) in [5.41, 5.74) is 0. The lowest BCUT2D eigenvalue weighted by Gasteiger charge is -2.28. The average molecular weight is 417 g/mol. The van der Waals surface area contributed by atoms with Crippen molar-refractivity contribution in [2.24, 2.45) is 0 Å². The third-order valence-corrected chi connectivity index (χ3v) is 10.7. The van der Waals surface area contributed by atoms with Crippen molar-refractivity contribution in [3.63, 3.8) is 0 Å². The topological polar surface area (TPSA) is 29.1 Å². The highest BCUT2D eigenvalue weighted by Gasteiger charge is 2.45. The molecule has 0 radical (unpaired) electrons. The zero-order chi connectivity index (χ0) is 20.7. The molecule has 0 bridgehead atoms. The quantitative estimate of drug-likeness (QED) is 0.550. The number of hydrogen-bond donors (Lipinski definition) is 1. The zero-order valence-electron chi connectivity index (χ0n) is 17.5. The lowest BCUT2D eigenvalue weighted by molar-refractivity contribution is -0.121. The van der Waals surface area contributed by atoms with Gasteiger partial charge >= 0.3 is 0 Å². The molecule has 154 valence electrons. The molecule has 0 saturated heterocycles. The van der Waals surface area contributed by atoms with E-state index in [1.165, 1.54) is 35.2 Å². The fourth-order valence-electron chi connectivity index (χ4n) is 4.70. The second-order valence-corrected chi connectivity index (χ2v) is 11.8. The van der Waals surface area contributed by atoms with Gasteiger partial charge in [-0.05, 0) is 49.2 Å². The highest BCUT2D eigenvalue weighted by Crippen LogP contribution is 2.55. The van der Waals surface area contributed by atoms with Gasteiger partial charge in [-0.2, -0.15) is 0 Å². The van der Waals surface area contributed by atoms with Gasteiger partial charge in [0.2, 0.25) is 5.91 Å². The number of carbonyl (C=O) groups excluding carboxylic acids is 1. The minimum atomic E-state index is -1.92. The van der Waals surface area contributed by atoms with Crippen molar-refractivity contribution in [2.75, 3.05) is 6.16 Å². The van der Waals surface area contributed by atoms with E-state index < -0.39 is 7.26 Å². The molecule has 0 heterocycles. The van der Waals surface area contributed by atoms with Crippen molar-refractivity contribution in [1.29, 1.82) is 0 Å². The van der Waals surface area contributed by atoms with Crippen LogP contribution in [0.1, 0.15) is 38.5 Å². The van der Waals surface area contributed by atoms with Crippen LogP contribution in [0.15, 0.2) is 91.0 Å². The summed E-state index contributed by atoms with van der Waals surface area (Å²) in [5, 5.41) is 7.35. The molecule has 1 amide bonds. The molecule has 3 aromatic carbocycles. The summed E-state index contributed by atoms with van der Waals surface area (Å²) in [6.45, 7) is 0. The van der Waals surface area contributed by atoms with E-state index in [9.17, 15) is 4.79 Å². The second-order valence-electron chi connectivity index (χ2n) is 8.19. The fourth-order valence-corrected chi connectivity index (χ4v) is 8.95. The van der Waals surface area contributed by atoms with Crippen LogP contribution < -0.4 is 21.2 Å². The van der Waals surface area contributed by atoms with Gasteiger partial charge in [0, 0.05) is 6.04 Å². The Morgan fingerprint density at radius 1 is 0.700 bits per heavy atom. The SMILES string of the molecule is O=C(CC[P+](c1ccccc1)(c1ccccc1)c1ccccc1)NC1CCCCC1. The fraction of sp³-hybridized carbons (Fsp3) is 0.296. The van der Waals surface area contributed by atoms with E-state index >= 15 is 0 Å². The standard InChI is InChI=1S/C27H30NOP/c29-27(28-23-13-5-1-6-14-23)21-22-30(24-15-7-2-8-16-24,25-17-9-3-10-18-25)26-19-11-4-12-20-26/h2-4,7-12,15-20,23H,1,5-6,13-14,21-22H2/p+1. The monoisotopic (exact) mass is 416 g/mol. The van der Waals surface area contributed by atoms with Crippen LogP contribution in [0, 0.1) is 0 Å². The Hall–Kier alpha value is -2.44. The third kappa shape index (κ3) is 4.65. The minimum absolute atomic E-state index is 0.203. The van der Waals surface area contributed by atoms with Crippen LogP contribution in [0.4, 0.5) is 0 Å². The van der Waals surface area contributed by atoms with Gasteiger partial charge in [0.05, 0.1) is 12.6 Å². The van der Waals surface area contributed by atoms with Gasteiger partial charge in [-0.15, -0.1) is 0 Å². The first-order valence-corrected chi connectivity index (χ1v) is 13.1. The highest BCUT2D eigenvalue weighted by atomic mass is 31.2. The molecule has 3 heteroatoms. The first-order chi connectivity index (χ1) is 14.8. The Labute approximate surface area is 181 Å². The Bertz CT molecular complexity index is 824. The van der Waals surface area contributed by atoms with Crippen LogP contribution in [0.2, 0.25) is 0 Å². The molecule has 1 fully saturated rings. The second kappa shape index (κ2) is 10.0. The van der Waals surface area contributed by atoms with Crippen LogP contribution in [0.5, 0.6) is 0 Å². The third-order valence-electron chi connectivity index (χ3n) is 6.24. The Balaban J connectivity index is 1.68. The Morgan fingerprint density at radius 3 is 1.57 bits per heavy atom. The van der Waals surface area contributed by atoms with Gasteiger partial charge in [-0.1, -0.05) is 73.9 Å². The van der Waals surface area contributed by atoms with Gasteiger partial charge in [-0.3, -0.25) is 4.79 Å². The Morgan fingerprint density at radius 2 is 1.13 bits per heavy atom. The normalized spacial score (nSPS) is 14.9. The lowest BCUT2D eigenvalue weighted by atomic mass is 9.95. The predicted octanol–water partition coefficient (Wildman–Crippen LogP) is 4.82. The summed E-state index contributed by atoms with van der Waals surface area (Å²) < 4.78 is 0. The summed E-state index contributed by atoms with van der Waals surface area (Å²) in [7, 11) is -1.92. The summed E-state index contributed by atoms with van der Waals surface area (Å²) in [6, 6.07) is 32.8. The maximum atomic E-state index is 13.0. The van der Waals surface area contributed by atoms with Crippen LogP contribution >= 0.6 is 7.26 Å². The molecule has 1 aliphatic rings. The molecule has 1 saturated carbocycles.